The molecule has 1 aromatic rings. The average molecular weight is 262 g/mol. The Balaban J connectivity index is 2.65. The van der Waals surface area contributed by atoms with Crippen molar-refractivity contribution in [3.63, 3.8) is 0 Å². The van der Waals surface area contributed by atoms with E-state index in [1.54, 1.807) is 13.0 Å². The molecule has 0 saturated carbocycles. The van der Waals surface area contributed by atoms with Gasteiger partial charge in [0, 0.05) is 24.2 Å². The highest BCUT2D eigenvalue weighted by Crippen LogP contribution is 2.20. The molecule has 0 heterocycles. The van der Waals surface area contributed by atoms with E-state index in [9.17, 15) is 4.39 Å². The molecule has 0 aliphatic carbocycles. The van der Waals surface area contributed by atoms with Gasteiger partial charge in [-0.25, -0.2) is 4.39 Å². The van der Waals surface area contributed by atoms with E-state index >= 15 is 0 Å². The Morgan fingerprint density at radius 3 is 2.71 bits per heavy atom. The third-order valence-corrected chi connectivity index (χ3v) is 2.96. The summed E-state index contributed by atoms with van der Waals surface area (Å²) in [5.74, 6) is -0.297. The van der Waals surface area contributed by atoms with Crippen LogP contribution in [-0.4, -0.2) is 29.5 Å². The Kier molecular flexibility index (Phi) is 5.85. The second-order valence-electron chi connectivity index (χ2n) is 3.97. The van der Waals surface area contributed by atoms with Gasteiger partial charge in [0.2, 0.25) is 0 Å². The maximum absolute atomic E-state index is 13.3. The van der Waals surface area contributed by atoms with Gasteiger partial charge in [-0.3, -0.25) is 0 Å². The molecule has 3 N–H and O–H groups in total. The smallest absolute Gasteiger partial charge is 0.126 e. The molecular weight excluding hydrogens is 245 g/mol. The van der Waals surface area contributed by atoms with Crippen LogP contribution < -0.4 is 5.32 Å². The summed E-state index contributed by atoms with van der Waals surface area (Å²) in [6.45, 7) is 1.93. The number of hydrogen-bond acceptors (Lipinski definition) is 3. The molecule has 17 heavy (non-hydrogen) atoms. The molecule has 3 nitrogen and oxygen atoms in total. The van der Waals surface area contributed by atoms with Crippen LogP contribution in [0, 0.1) is 12.7 Å². The summed E-state index contributed by atoms with van der Waals surface area (Å²) < 4.78 is 13.3. The van der Waals surface area contributed by atoms with E-state index in [4.69, 9.17) is 21.8 Å². The quantitative estimate of drug-likeness (QED) is 0.729. The Hall–Kier alpha value is -0.680. The van der Waals surface area contributed by atoms with Gasteiger partial charge in [0.1, 0.15) is 5.82 Å². The molecule has 0 amide bonds. The van der Waals surface area contributed by atoms with Crippen LogP contribution in [0.15, 0.2) is 12.1 Å². The molecule has 0 saturated heterocycles. The lowest BCUT2D eigenvalue weighted by Gasteiger charge is -2.15. The summed E-state index contributed by atoms with van der Waals surface area (Å²) in [6.07, 6.45) is 0.447. The number of aliphatic hydroxyl groups is 2. The fourth-order valence-electron chi connectivity index (χ4n) is 1.49. The fourth-order valence-corrected chi connectivity index (χ4v) is 1.78. The number of aryl methyl sites for hydroxylation is 1. The molecule has 0 aliphatic rings. The lowest BCUT2D eigenvalue weighted by Crippen LogP contribution is -2.32. The van der Waals surface area contributed by atoms with E-state index in [2.05, 4.69) is 5.32 Å². The standard InChI is InChI=1S/C12H17ClFNO2/c1-8-4-11(13)9(5-12(8)14)6-15-10(7-17)2-3-16/h4-5,10,15-17H,2-3,6-7H2,1H3. The highest BCUT2D eigenvalue weighted by atomic mass is 35.5. The zero-order valence-electron chi connectivity index (χ0n) is 9.71. The van der Waals surface area contributed by atoms with E-state index in [1.165, 1.54) is 6.07 Å². The molecule has 0 radical (unpaired) electrons. The van der Waals surface area contributed by atoms with Crippen molar-refractivity contribution in [1.29, 1.82) is 0 Å². The van der Waals surface area contributed by atoms with Crippen LogP contribution in [0.5, 0.6) is 0 Å². The molecule has 1 rings (SSSR count). The zero-order chi connectivity index (χ0) is 12.8. The highest BCUT2D eigenvalue weighted by Gasteiger charge is 2.09. The van der Waals surface area contributed by atoms with Crippen molar-refractivity contribution in [2.75, 3.05) is 13.2 Å². The van der Waals surface area contributed by atoms with Gasteiger partial charge in [-0.15, -0.1) is 0 Å². The van der Waals surface area contributed by atoms with Gasteiger partial charge in [0.05, 0.1) is 6.61 Å². The molecule has 96 valence electrons. The van der Waals surface area contributed by atoms with Gasteiger partial charge in [-0.2, -0.15) is 0 Å². The minimum atomic E-state index is -0.297. The predicted octanol–water partition coefficient (Wildman–Crippen LogP) is 1.62. The number of nitrogens with one attached hydrogen (secondary N) is 1. The summed E-state index contributed by atoms with van der Waals surface area (Å²) in [4.78, 5) is 0. The Morgan fingerprint density at radius 2 is 2.12 bits per heavy atom. The number of halogens is 2. The average Bonchev–Trinajstić information content (AvgIpc) is 2.30. The van der Waals surface area contributed by atoms with Crippen LogP contribution in [0.4, 0.5) is 4.39 Å². The van der Waals surface area contributed by atoms with E-state index in [-0.39, 0.29) is 25.1 Å². The van der Waals surface area contributed by atoms with Crippen LogP contribution in [0.3, 0.4) is 0 Å². The van der Waals surface area contributed by atoms with Gasteiger partial charge < -0.3 is 15.5 Å². The van der Waals surface area contributed by atoms with Gasteiger partial charge in [0.25, 0.3) is 0 Å². The Morgan fingerprint density at radius 1 is 1.41 bits per heavy atom. The maximum Gasteiger partial charge on any atom is 0.126 e. The van der Waals surface area contributed by atoms with Crippen LogP contribution in [0.2, 0.25) is 5.02 Å². The van der Waals surface area contributed by atoms with E-state index in [0.717, 1.165) is 0 Å². The molecule has 1 aromatic carbocycles. The monoisotopic (exact) mass is 261 g/mol. The molecule has 0 spiro atoms. The number of rotatable bonds is 6. The number of aliphatic hydroxyl groups excluding tert-OH is 2. The second-order valence-corrected chi connectivity index (χ2v) is 4.37. The van der Waals surface area contributed by atoms with Gasteiger partial charge in [-0.1, -0.05) is 11.6 Å². The first kappa shape index (κ1) is 14.4. The third kappa shape index (κ3) is 4.24. The summed E-state index contributed by atoms with van der Waals surface area (Å²) in [7, 11) is 0. The van der Waals surface area contributed by atoms with Crippen LogP contribution in [0.1, 0.15) is 17.5 Å². The summed E-state index contributed by atoms with van der Waals surface area (Å²) in [6, 6.07) is 2.76. The topological polar surface area (TPSA) is 52.5 Å². The van der Waals surface area contributed by atoms with Gasteiger partial charge >= 0.3 is 0 Å². The van der Waals surface area contributed by atoms with Crippen molar-refractivity contribution >= 4 is 11.6 Å². The van der Waals surface area contributed by atoms with Crippen LogP contribution >= 0.6 is 11.6 Å². The second kappa shape index (κ2) is 6.91. The van der Waals surface area contributed by atoms with Crippen LogP contribution in [-0.2, 0) is 6.54 Å². The zero-order valence-corrected chi connectivity index (χ0v) is 10.5. The molecule has 1 atom stereocenters. The summed E-state index contributed by atoms with van der Waals surface area (Å²) in [5.41, 5.74) is 1.15. The molecule has 1 unspecified atom stereocenters. The van der Waals surface area contributed by atoms with Crippen molar-refractivity contribution in [2.45, 2.75) is 25.9 Å². The predicted molar refractivity (Wildman–Crippen MR) is 65.6 cm³/mol. The summed E-state index contributed by atoms with van der Waals surface area (Å²) in [5, 5.41) is 21.3. The highest BCUT2D eigenvalue weighted by molar-refractivity contribution is 6.31. The number of benzene rings is 1. The molecule has 0 aliphatic heterocycles. The first-order chi connectivity index (χ1) is 8.08. The van der Waals surface area contributed by atoms with Gasteiger partial charge in [0.15, 0.2) is 0 Å². The molecule has 5 heteroatoms. The fraction of sp³-hybridized carbons (Fsp3) is 0.500. The molecule has 0 fully saturated rings. The van der Waals surface area contributed by atoms with E-state index in [0.29, 0.717) is 29.1 Å². The van der Waals surface area contributed by atoms with Crippen molar-refractivity contribution < 1.29 is 14.6 Å². The van der Waals surface area contributed by atoms with Gasteiger partial charge in [-0.05, 0) is 36.6 Å². The summed E-state index contributed by atoms with van der Waals surface area (Å²) >= 11 is 5.99. The first-order valence-electron chi connectivity index (χ1n) is 5.48. The SMILES string of the molecule is Cc1cc(Cl)c(CNC(CO)CCO)cc1F. The van der Waals surface area contributed by atoms with Crippen molar-refractivity contribution in [3.05, 3.63) is 34.1 Å². The maximum atomic E-state index is 13.3. The molecule has 0 bridgehead atoms. The van der Waals surface area contributed by atoms with Crippen molar-refractivity contribution in [1.82, 2.24) is 5.32 Å². The minimum absolute atomic E-state index is 0.00574. The van der Waals surface area contributed by atoms with Crippen molar-refractivity contribution in [3.8, 4) is 0 Å². The lowest BCUT2D eigenvalue weighted by atomic mass is 10.1. The van der Waals surface area contributed by atoms with E-state index < -0.39 is 0 Å². The Labute approximate surface area is 105 Å². The normalized spacial score (nSPS) is 12.8. The van der Waals surface area contributed by atoms with Crippen molar-refractivity contribution in [2.24, 2.45) is 0 Å². The minimum Gasteiger partial charge on any atom is -0.396 e. The van der Waals surface area contributed by atoms with E-state index in [1.807, 2.05) is 0 Å². The Bertz CT molecular complexity index is 374. The molecule has 0 aromatic heterocycles. The largest absolute Gasteiger partial charge is 0.396 e. The molecular formula is C12H17ClFNO2. The number of hydrogen-bond donors (Lipinski definition) is 3. The third-order valence-electron chi connectivity index (χ3n) is 2.61. The first-order valence-corrected chi connectivity index (χ1v) is 5.86. The lowest BCUT2D eigenvalue weighted by molar-refractivity contribution is 0.200. The van der Waals surface area contributed by atoms with Crippen LogP contribution in [0.25, 0.3) is 0 Å².